The van der Waals surface area contributed by atoms with Crippen molar-refractivity contribution < 1.29 is 28.4 Å². The van der Waals surface area contributed by atoms with Gasteiger partial charge >= 0.3 is 0 Å². The van der Waals surface area contributed by atoms with E-state index < -0.39 is 35.1 Å². The number of rotatable bonds is 11. The summed E-state index contributed by atoms with van der Waals surface area (Å²) in [7, 11) is 1.31. The molecule has 0 aliphatic heterocycles. The number of Topliss-reactive ketones (excluding diaryl/α,β-unsaturated/α-hetero) is 1. The predicted molar refractivity (Wildman–Crippen MR) is 162 cm³/mol. The first-order valence-corrected chi connectivity index (χ1v) is 14.6. The van der Waals surface area contributed by atoms with Crippen molar-refractivity contribution in [2.24, 2.45) is 11.8 Å². The highest BCUT2D eigenvalue weighted by Crippen LogP contribution is 2.38. The Bertz CT molecular complexity index is 1700. The van der Waals surface area contributed by atoms with Gasteiger partial charge in [0.1, 0.15) is 23.9 Å². The largest absolute Gasteiger partial charge is 0.451 e. The van der Waals surface area contributed by atoms with Crippen LogP contribution in [0.25, 0.3) is 11.0 Å². The number of carbonyl (C=O) groups excluding carboxylic acids is 5. The van der Waals surface area contributed by atoms with E-state index in [4.69, 9.17) is 4.42 Å². The Morgan fingerprint density at radius 3 is 2.61 bits per heavy atom. The molecule has 2 aliphatic carbocycles. The van der Waals surface area contributed by atoms with Crippen LogP contribution in [-0.4, -0.2) is 53.1 Å². The molecule has 0 radical (unpaired) electrons. The molecule has 2 aromatic heterocycles. The molecule has 2 aliphatic rings. The molecule has 4 N–H and O–H groups in total. The number of ketones is 1. The summed E-state index contributed by atoms with van der Waals surface area (Å²) in [5.41, 5.74) is 0.342. The molecule has 0 saturated heterocycles. The van der Waals surface area contributed by atoms with E-state index in [-0.39, 0.29) is 42.8 Å². The second-order valence-electron chi connectivity index (χ2n) is 11.3. The van der Waals surface area contributed by atoms with E-state index in [2.05, 4.69) is 33.4 Å². The van der Waals surface area contributed by atoms with Gasteiger partial charge in [-0.25, -0.2) is 0 Å². The van der Waals surface area contributed by atoms with Crippen molar-refractivity contribution in [3.63, 3.8) is 0 Å². The minimum atomic E-state index is -1.30. The van der Waals surface area contributed by atoms with E-state index >= 15 is 0 Å². The van der Waals surface area contributed by atoms with Crippen LogP contribution in [0.5, 0.6) is 0 Å². The number of aromatic nitrogens is 1. The van der Waals surface area contributed by atoms with Crippen molar-refractivity contribution in [1.29, 1.82) is 0 Å². The molecule has 230 valence electrons. The number of anilines is 1. The standard InChI is InChI=1S/C32H35N5O7/c1-18-21-9-3-4-11-26(21)44-28(18)31(42)35-22(12-13-25(38)30(41)33-2)29(40)36-23-10-6-14-37(32(23)43)17-27(39)34-24-16-19-7-5-8-20(24)15-19/h3-6,8-11,14,19-20,22,24H,7,12-13,15-17H2,1-2H3,(H,33,41)(H,34,39)(H,35,42)(H,36,40)/t19?,20?,22-,24?/m0/s1. The molecule has 1 fully saturated rings. The average molecular weight is 602 g/mol. The number of nitrogens with one attached hydrogen (secondary N) is 4. The van der Waals surface area contributed by atoms with Crippen LogP contribution in [0, 0.1) is 18.8 Å². The Balaban J connectivity index is 1.29. The summed E-state index contributed by atoms with van der Waals surface area (Å²) >= 11 is 0. The van der Waals surface area contributed by atoms with Crippen LogP contribution in [0.4, 0.5) is 5.69 Å². The first kappa shape index (κ1) is 30.5. The van der Waals surface area contributed by atoms with Crippen LogP contribution in [0.15, 0.2) is 64.0 Å². The van der Waals surface area contributed by atoms with Crippen LogP contribution >= 0.6 is 0 Å². The third kappa shape index (κ3) is 6.64. The fourth-order valence-electron chi connectivity index (χ4n) is 5.99. The molecule has 0 spiro atoms. The smallest absolute Gasteiger partial charge is 0.287 e. The fraction of sp³-hybridized carbons (Fsp3) is 0.375. The lowest BCUT2D eigenvalue weighted by atomic mass is 9.95. The van der Waals surface area contributed by atoms with E-state index in [1.807, 2.05) is 0 Å². The summed E-state index contributed by atoms with van der Waals surface area (Å²) in [4.78, 5) is 76.6. The molecule has 44 heavy (non-hydrogen) atoms. The molecule has 2 heterocycles. The number of nitrogens with zero attached hydrogens (tertiary/aromatic N) is 1. The first-order chi connectivity index (χ1) is 21.1. The number of hydrogen-bond acceptors (Lipinski definition) is 7. The van der Waals surface area contributed by atoms with Gasteiger partial charge in [0.25, 0.3) is 17.4 Å². The SMILES string of the molecule is CNC(=O)C(=O)CC[C@H](NC(=O)c1oc2ccccc2c1C)C(=O)Nc1cccn(CC(=O)NC2CC3CC=CC2C3)c1=O. The number of benzene rings is 1. The van der Waals surface area contributed by atoms with E-state index in [0.29, 0.717) is 23.0 Å². The molecule has 2 bridgehead atoms. The van der Waals surface area contributed by atoms with Crippen LogP contribution < -0.4 is 26.8 Å². The maximum absolute atomic E-state index is 13.4. The van der Waals surface area contributed by atoms with Gasteiger partial charge in [-0.3, -0.25) is 28.8 Å². The first-order valence-electron chi connectivity index (χ1n) is 14.6. The summed E-state index contributed by atoms with van der Waals surface area (Å²) in [6, 6.07) is 8.72. The average Bonchev–Trinajstić information content (AvgIpc) is 3.50. The van der Waals surface area contributed by atoms with E-state index in [0.717, 1.165) is 24.6 Å². The lowest BCUT2D eigenvalue weighted by Gasteiger charge is -2.19. The van der Waals surface area contributed by atoms with E-state index in [1.54, 1.807) is 31.2 Å². The van der Waals surface area contributed by atoms with Crippen LogP contribution in [-0.2, 0) is 25.7 Å². The third-order valence-corrected chi connectivity index (χ3v) is 8.31. The molecule has 4 atom stereocenters. The Morgan fingerprint density at radius 2 is 1.86 bits per heavy atom. The summed E-state index contributed by atoms with van der Waals surface area (Å²) in [5.74, 6) is -2.52. The predicted octanol–water partition coefficient (Wildman–Crippen LogP) is 2.21. The van der Waals surface area contributed by atoms with Gasteiger partial charge in [0, 0.05) is 36.7 Å². The second-order valence-corrected chi connectivity index (χ2v) is 11.3. The number of fused-ring (bicyclic) bond motifs is 3. The molecule has 12 heteroatoms. The van der Waals surface area contributed by atoms with Gasteiger partial charge in [-0.2, -0.15) is 0 Å². The molecule has 12 nitrogen and oxygen atoms in total. The van der Waals surface area contributed by atoms with Crippen molar-refractivity contribution in [3.05, 3.63) is 76.4 Å². The highest BCUT2D eigenvalue weighted by molar-refractivity contribution is 6.36. The normalized spacial score (nSPS) is 19.3. The van der Waals surface area contributed by atoms with Crippen molar-refractivity contribution in [3.8, 4) is 0 Å². The quantitative estimate of drug-likeness (QED) is 0.193. The number of furan rings is 1. The number of likely N-dealkylation sites (N-methyl/N-ethyl adjacent to an activating group) is 1. The minimum absolute atomic E-state index is 0.00335. The van der Waals surface area contributed by atoms with E-state index in [9.17, 15) is 28.8 Å². The third-order valence-electron chi connectivity index (χ3n) is 8.31. The zero-order valence-corrected chi connectivity index (χ0v) is 24.6. The van der Waals surface area contributed by atoms with Crippen LogP contribution in [0.2, 0.25) is 0 Å². The van der Waals surface area contributed by atoms with Gasteiger partial charge < -0.3 is 30.3 Å². The maximum Gasteiger partial charge on any atom is 0.287 e. The number of aryl methyl sites for hydroxylation is 1. The molecular weight excluding hydrogens is 566 g/mol. The molecule has 1 aromatic carbocycles. The Kier molecular flexibility index (Phi) is 9.07. The van der Waals surface area contributed by atoms with E-state index in [1.165, 1.54) is 29.9 Å². The monoisotopic (exact) mass is 601 g/mol. The molecule has 5 rings (SSSR count). The number of pyridine rings is 1. The Labute approximate surface area is 253 Å². The van der Waals surface area contributed by atoms with Gasteiger partial charge in [0.2, 0.25) is 17.6 Å². The van der Waals surface area contributed by atoms with Gasteiger partial charge in [0.05, 0.1) is 0 Å². The number of allylic oxidation sites excluding steroid dienone is 1. The number of carbonyl (C=O) groups is 5. The van der Waals surface area contributed by atoms with Gasteiger partial charge in [-0.15, -0.1) is 0 Å². The van der Waals surface area contributed by atoms with Crippen molar-refractivity contribution in [2.45, 2.75) is 57.7 Å². The summed E-state index contributed by atoms with van der Waals surface area (Å²) in [5, 5.41) is 11.1. The summed E-state index contributed by atoms with van der Waals surface area (Å²) in [6.07, 6.45) is 8.16. The highest BCUT2D eigenvalue weighted by atomic mass is 16.3. The topological polar surface area (TPSA) is 169 Å². The minimum Gasteiger partial charge on any atom is -0.451 e. The summed E-state index contributed by atoms with van der Waals surface area (Å²) < 4.78 is 6.91. The van der Waals surface area contributed by atoms with Crippen molar-refractivity contribution >= 4 is 46.1 Å². The zero-order valence-electron chi connectivity index (χ0n) is 24.6. The van der Waals surface area contributed by atoms with Gasteiger partial charge in [-0.1, -0.05) is 30.4 Å². The van der Waals surface area contributed by atoms with Crippen molar-refractivity contribution in [2.75, 3.05) is 12.4 Å². The molecular formula is C32H35N5O7. The van der Waals surface area contributed by atoms with Gasteiger partial charge in [-0.05, 0) is 62.6 Å². The molecule has 3 aromatic rings. The van der Waals surface area contributed by atoms with Gasteiger partial charge in [0.15, 0.2) is 5.76 Å². The zero-order chi connectivity index (χ0) is 31.4. The molecule has 3 unspecified atom stereocenters. The van der Waals surface area contributed by atoms with Crippen LogP contribution in [0.1, 0.15) is 48.2 Å². The number of hydrogen-bond donors (Lipinski definition) is 4. The molecule has 4 amide bonds. The second kappa shape index (κ2) is 13.1. The highest BCUT2D eigenvalue weighted by Gasteiger charge is 2.35. The Morgan fingerprint density at radius 1 is 1.07 bits per heavy atom. The number of para-hydroxylation sites is 1. The molecule has 1 saturated carbocycles. The Hall–Kier alpha value is -5.00. The summed E-state index contributed by atoms with van der Waals surface area (Å²) in [6.45, 7) is 1.48. The maximum atomic E-state index is 13.4. The van der Waals surface area contributed by atoms with Crippen molar-refractivity contribution in [1.82, 2.24) is 20.5 Å². The van der Waals surface area contributed by atoms with Crippen LogP contribution in [0.3, 0.4) is 0 Å². The number of amides is 4. The lowest BCUT2D eigenvalue weighted by Crippen LogP contribution is -2.45. The fourth-order valence-corrected chi connectivity index (χ4v) is 5.99. The lowest BCUT2D eigenvalue weighted by molar-refractivity contribution is -0.137.